The lowest BCUT2D eigenvalue weighted by molar-refractivity contribution is 0.0793. The van der Waals surface area contributed by atoms with E-state index in [-0.39, 0.29) is 17.6 Å². The van der Waals surface area contributed by atoms with Crippen LogP contribution in [0.1, 0.15) is 0 Å². The highest BCUT2D eigenvalue weighted by molar-refractivity contribution is 7.92. The van der Waals surface area contributed by atoms with Crippen LogP contribution < -0.4 is 5.73 Å². The summed E-state index contributed by atoms with van der Waals surface area (Å²) >= 11 is 0. The van der Waals surface area contributed by atoms with E-state index in [9.17, 15) is 8.42 Å². The predicted octanol–water partition coefficient (Wildman–Crippen LogP) is -1.24. The highest BCUT2D eigenvalue weighted by atomic mass is 32.2. The molecule has 1 fully saturated rings. The van der Waals surface area contributed by atoms with Gasteiger partial charge in [0.2, 0.25) is 0 Å². The van der Waals surface area contributed by atoms with Crippen molar-refractivity contribution in [3.8, 4) is 0 Å². The van der Waals surface area contributed by atoms with Gasteiger partial charge in [0.25, 0.3) is 0 Å². The Morgan fingerprint density at radius 1 is 1.50 bits per heavy atom. The Morgan fingerprint density at radius 3 is 2.50 bits per heavy atom. The Bertz CT molecular complexity index is 187. The van der Waals surface area contributed by atoms with E-state index < -0.39 is 9.84 Å². The summed E-state index contributed by atoms with van der Waals surface area (Å²) < 4.78 is 26.2. The summed E-state index contributed by atoms with van der Waals surface area (Å²) in [7, 11) is -2.73. The summed E-state index contributed by atoms with van der Waals surface area (Å²) in [6, 6.07) is 0. The van der Waals surface area contributed by atoms with Crippen molar-refractivity contribution in [2.75, 3.05) is 24.7 Å². The molecule has 1 aliphatic heterocycles. The maximum absolute atomic E-state index is 10.5. The van der Waals surface area contributed by atoms with Gasteiger partial charge >= 0.3 is 0 Å². The van der Waals surface area contributed by atoms with Gasteiger partial charge in [-0.05, 0) is 0 Å². The first-order valence-corrected chi connectivity index (χ1v) is 4.98. The van der Waals surface area contributed by atoms with Crippen molar-refractivity contribution in [3.63, 3.8) is 0 Å². The molecule has 1 rings (SSSR count). The van der Waals surface area contributed by atoms with Crippen molar-refractivity contribution >= 4 is 9.84 Å². The Balaban J connectivity index is 2.15. The van der Waals surface area contributed by atoms with Crippen LogP contribution >= 0.6 is 0 Å². The fourth-order valence-corrected chi connectivity index (χ4v) is 2.08. The first-order valence-electron chi connectivity index (χ1n) is 3.16. The molecule has 0 aromatic rings. The molecule has 0 unspecified atom stereocenters. The summed E-state index contributed by atoms with van der Waals surface area (Å²) in [5, 5.41) is 0. The topological polar surface area (TPSA) is 69.4 Å². The molecule has 4 nitrogen and oxygen atoms in total. The molecule has 1 aliphatic rings. The minimum Gasteiger partial charge on any atom is -0.375 e. The third kappa shape index (κ3) is 1.93. The van der Waals surface area contributed by atoms with E-state index in [1.165, 1.54) is 0 Å². The van der Waals surface area contributed by atoms with Gasteiger partial charge in [-0.2, -0.15) is 0 Å². The molecule has 1 heterocycles. The number of nitrogens with two attached hydrogens (primary N) is 1. The van der Waals surface area contributed by atoms with Crippen LogP contribution in [0, 0.1) is 0 Å². The molecule has 0 aromatic carbocycles. The number of hydrogen-bond donors (Lipinski definition) is 1. The van der Waals surface area contributed by atoms with Crippen molar-refractivity contribution in [3.05, 3.63) is 0 Å². The van der Waals surface area contributed by atoms with Crippen molar-refractivity contribution < 1.29 is 13.2 Å². The largest absolute Gasteiger partial charge is 0.375 e. The van der Waals surface area contributed by atoms with E-state index in [1.807, 2.05) is 0 Å². The zero-order valence-corrected chi connectivity index (χ0v) is 6.43. The first kappa shape index (κ1) is 7.97. The number of ether oxygens (including phenoxy) is 1. The molecule has 0 saturated carbocycles. The maximum atomic E-state index is 10.5. The molecule has 10 heavy (non-hydrogen) atoms. The number of sulfone groups is 1. The fraction of sp³-hybridized carbons (Fsp3) is 1.00. The third-order valence-corrected chi connectivity index (χ3v) is 3.11. The lowest BCUT2D eigenvalue weighted by Gasteiger charge is -2.25. The quantitative estimate of drug-likeness (QED) is 0.568. The van der Waals surface area contributed by atoms with Gasteiger partial charge < -0.3 is 10.5 Å². The molecular formula is C5H11NO3S. The lowest BCUT2D eigenvalue weighted by Crippen LogP contribution is -2.43. The van der Waals surface area contributed by atoms with Gasteiger partial charge in [0.1, 0.15) is 0 Å². The van der Waals surface area contributed by atoms with Crippen LogP contribution in [-0.2, 0) is 14.6 Å². The van der Waals surface area contributed by atoms with E-state index >= 15 is 0 Å². The van der Waals surface area contributed by atoms with E-state index in [0.717, 1.165) is 0 Å². The lowest BCUT2D eigenvalue weighted by atomic mass is 10.4. The zero-order chi connectivity index (χ0) is 7.61. The van der Waals surface area contributed by atoms with Gasteiger partial charge in [-0.15, -0.1) is 0 Å². The number of rotatable bonds is 3. The summed E-state index contributed by atoms with van der Waals surface area (Å²) in [5.74, 6) is 0.347. The normalized spacial score (nSPS) is 24.1. The molecule has 2 N–H and O–H groups in total. The van der Waals surface area contributed by atoms with Crippen LogP contribution in [0.3, 0.4) is 0 Å². The molecule has 0 atom stereocenters. The second-order valence-electron chi connectivity index (χ2n) is 2.36. The SMILES string of the molecule is NCCOC1CS(=O)(=O)C1. The van der Waals surface area contributed by atoms with Crippen LogP contribution in [0.4, 0.5) is 0 Å². The van der Waals surface area contributed by atoms with Crippen LogP contribution in [0.15, 0.2) is 0 Å². The molecule has 0 amide bonds. The number of hydrogen-bond acceptors (Lipinski definition) is 4. The smallest absolute Gasteiger partial charge is 0.155 e. The predicted molar refractivity (Wildman–Crippen MR) is 37.4 cm³/mol. The molecule has 1 saturated heterocycles. The average molecular weight is 165 g/mol. The Kier molecular flexibility index (Phi) is 2.28. The van der Waals surface area contributed by atoms with Crippen molar-refractivity contribution in [1.29, 1.82) is 0 Å². The Labute approximate surface area is 60.3 Å². The van der Waals surface area contributed by atoms with Gasteiger partial charge in [0.05, 0.1) is 24.2 Å². The molecular weight excluding hydrogens is 154 g/mol. The minimum absolute atomic E-state index is 0.0893. The van der Waals surface area contributed by atoms with Crippen LogP contribution in [-0.4, -0.2) is 39.2 Å². The van der Waals surface area contributed by atoms with Gasteiger partial charge in [-0.25, -0.2) is 8.42 Å². The minimum atomic E-state index is -2.73. The summed E-state index contributed by atoms with van der Waals surface area (Å²) in [4.78, 5) is 0. The highest BCUT2D eigenvalue weighted by Crippen LogP contribution is 2.13. The van der Waals surface area contributed by atoms with Crippen molar-refractivity contribution in [1.82, 2.24) is 0 Å². The molecule has 0 aliphatic carbocycles. The van der Waals surface area contributed by atoms with Crippen LogP contribution in [0.5, 0.6) is 0 Å². The summed E-state index contributed by atoms with van der Waals surface area (Å²) in [6.07, 6.45) is -0.0893. The molecule has 0 bridgehead atoms. The van der Waals surface area contributed by atoms with Crippen molar-refractivity contribution in [2.24, 2.45) is 5.73 Å². The molecule has 60 valence electrons. The van der Waals surface area contributed by atoms with Gasteiger partial charge in [-0.1, -0.05) is 0 Å². The van der Waals surface area contributed by atoms with E-state index in [1.54, 1.807) is 0 Å². The van der Waals surface area contributed by atoms with Gasteiger partial charge in [0.15, 0.2) is 9.84 Å². The zero-order valence-electron chi connectivity index (χ0n) is 5.62. The fourth-order valence-electron chi connectivity index (χ4n) is 0.849. The summed E-state index contributed by atoms with van der Waals surface area (Å²) in [5.41, 5.74) is 5.15. The Morgan fingerprint density at radius 2 is 2.10 bits per heavy atom. The first-order chi connectivity index (χ1) is 4.64. The molecule has 0 aromatic heterocycles. The molecule has 0 radical (unpaired) electrons. The second kappa shape index (κ2) is 2.86. The molecule has 0 spiro atoms. The van der Waals surface area contributed by atoms with Crippen molar-refractivity contribution in [2.45, 2.75) is 6.10 Å². The van der Waals surface area contributed by atoms with Crippen LogP contribution in [0.25, 0.3) is 0 Å². The molecule has 5 heteroatoms. The standard InChI is InChI=1S/C5H11NO3S/c6-1-2-9-5-3-10(7,8)4-5/h5H,1-4,6H2. The van der Waals surface area contributed by atoms with E-state index in [2.05, 4.69) is 0 Å². The average Bonchev–Trinajstić information content (AvgIpc) is 1.78. The van der Waals surface area contributed by atoms with E-state index in [0.29, 0.717) is 13.2 Å². The highest BCUT2D eigenvalue weighted by Gasteiger charge is 2.33. The van der Waals surface area contributed by atoms with Crippen LogP contribution in [0.2, 0.25) is 0 Å². The van der Waals surface area contributed by atoms with Gasteiger partial charge in [-0.3, -0.25) is 0 Å². The maximum Gasteiger partial charge on any atom is 0.155 e. The monoisotopic (exact) mass is 165 g/mol. The second-order valence-corrected chi connectivity index (χ2v) is 4.51. The van der Waals surface area contributed by atoms with E-state index in [4.69, 9.17) is 10.5 Å². The van der Waals surface area contributed by atoms with Gasteiger partial charge in [0, 0.05) is 6.54 Å². The third-order valence-electron chi connectivity index (χ3n) is 1.35. The summed E-state index contributed by atoms with van der Waals surface area (Å²) in [6.45, 7) is 0.913. The Hall–Kier alpha value is -0.130.